The first-order valence-corrected chi connectivity index (χ1v) is 3.39. The molecule has 4 heteroatoms. The van der Waals surface area contributed by atoms with Crippen LogP contribution in [0, 0.1) is 5.41 Å². The molecule has 0 saturated carbocycles. The van der Waals surface area contributed by atoms with E-state index in [-0.39, 0.29) is 22.9 Å². The number of rotatable bonds is 0. The molecule has 1 rings (SSSR count). The Morgan fingerprint density at radius 2 is 1.70 bits per heavy atom. The fraction of sp³-hybridized carbons (Fsp3) is 0.833. The van der Waals surface area contributed by atoms with Crippen molar-refractivity contribution in [3.05, 3.63) is 0 Å². The van der Waals surface area contributed by atoms with Gasteiger partial charge in [-0.1, -0.05) is 0 Å². The standard InChI is InChI=1S/C6H13N3.BrH/c7-6(8)9-4-2-1-3-5-9;/h1-5H2,(H3,7,8);1H. The Labute approximate surface area is 71.9 Å². The van der Waals surface area contributed by atoms with Gasteiger partial charge in [0.25, 0.3) is 0 Å². The molecule has 0 aromatic rings. The number of likely N-dealkylation sites (tertiary alicyclic amines) is 1. The third-order valence-corrected chi connectivity index (χ3v) is 1.70. The number of guanidine groups is 1. The maximum Gasteiger partial charge on any atom is 0.188 e. The predicted octanol–water partition coefficient (Wildman–Crippen LogP) is 0.944. The molecule has 0 aromatic carbocycles. The zero-order valence-corrected chi connectivity index (χ0v) is 7.68. The fourth-order valence-corrected chi connectivity index (χ4v) is 1.13. The Kier molecular flexibility index (Phi) is 4.43. The molecule has 60 valence electrons. The first-order chi connectivity index (χ1) is 4.30. The van der Waals surface area contributed by atoms with Crippen LogP contribution in [0.3, 0.4) is 0 Å². The van der Waals surface area contributed by atoms with Crippen molar-refractivity contribution in [3.8, 4) is 0 Å². The maximum atomic E-state index is 7.09. The van der Waals surface area contributed by atoms with Gasteiger partial charge in [0, 0.05) is 13.1 Å². The molecule has 3 N–H and O–H groups in total. The van der Waals surface area contributed by atoms with E-state index in [1.165, 1.54) is 19.3 Å². The summed E-state index contributed by atoms with van der Waals surface area (Å²) in [5.41, 5.74) is 5.28. The normalized spacial score (nSPS) is 17.8. The van der Waals surface area contributed by atoms with E-state index in [0.717, 1.165) is 13.1 Å². The van der Waals surface area contributed by atoms with E-state index >= 15 is 0 Å². The van der Waals surface area contributed by atoms with Gasteiger partial charge in [0.2, 0.25) is 0 Å². The molecule has 1 aliphatic heterocycles. The summed E-state index contributed by atoms with van der Waals surface area (Å²) >= 11 is 0. The predicted molar refractivity (Wildman–Crippen MR) is 47.7 cm³/mol. The highest BCUT2D eigenvalue weighted by Crippen LogP contribution is 2.06. The summed E-state index contributed by atoms with van der Waals surface area (Å²) in [4.78, 5) is 1.92. The molecular weight excluding hydrogens is 194 g/mol. The van der Waals surface area contributed by atoms with Crippen molar-refractivity contribution < 1.29 is 0 Å². The van der Waals surface area contributed by atoms with Crippen molar-refractivity contribution in [2.45, 2.75) is 19.3 Å². The summed E-state index contributed by atoms with van der Waals surface area (Å²) in [5, 5.41) is 7.09. The molecule has 0 unspecified atom stereocenters. The van der Waals surface area contributed by atoms with Crippen LogP contribution in [-0.4, -0.2) is 23.9 Å². The van der Waals surface area contributed by atoms with Crippen molar-refractivity contribution in [1.29, 1.82) is 5.41 Å². The molecule has 0 aliphatic carbocycles. The van der Waals surface area contributed by atoms with Crippen LogP contribution in [0.25, 0.3) is 0 Å². The zero-order chi connectivity index (χ0) is 6.69. The van der Waals surface area contributed by atoms with Crippen LogP contribution in [0.5, 0.6) is 0 Å². The van der Waals surface area contributed by atoms with Gasteiger partial charge < -0.3 is 10.6 Å². The number of hydrogen-bond donors (Lipinski definition) is 2. The second kappa shape index (κ2) is 4.55. The van der Waals surface area contributed by atoms with Gasteiger partial charge in [0.1, 0.15) is 0 Å². The highest BCUT2D eigenvalue weighted by atomic mass is 79.9. The van der Waals surface area contributed by atoms with E-state index in [2.05, 4.69) is 0 Å². The second-order valence-corrected chi connectivity index (χ2v) is 2.43. The number of piperidine rings is 1. The lowest BCUT2D eigenvalue weighted by Crippen LogP contribution is -2.39. The van der Waals surface area contributed by atoms with E-state index < -0.39 is 0 Å². The molecule has 1 heterocycles. The minimum Gasteiger partial charge on any atom is -0.370 e. The summed E-state index contributed by atoms with van der Waals surface area (Å²) in [6.45, 7) is 1.96. The molecule has 0 bridgehead atoms. The van der Waals surface area contributed by atoms with Crippen LogP contribution in [-0.2, 0) is 0 Å². The summed E-state index contributed by atoms with van der Waals surface area (Å²) < 4.78 is 0. The van der Waals surface area contributed by atoms with E-state index in [1.54, 1.807) is 0 Å². The first kappa shape index (κ1) is 9.75. The highest BCUT2D eigenvalue weighted by molar-refractivity contribution is 8.93. The number of halogens is 1. The van der Waals surface area contributed by atoms with Gasteiger partial charge in [0.05, 0.1) is 0 Å². The van der Waals surface area contributed by atoms with Crippen molar-refractivity contribution in [2.75, 3.05) is 13.1 Å². The lowest BCUT2D eigenvalue weighted by molar-refractivity contribution is 0.337. The van der Waals surface area contributed by atoms with Crippen LogP contribution in [0.15, 0.2) is 0 Å². The fourth-order valence-electron chi connectivity index (χ4n) is 1.13. The Morgan fingerprint density at radius 1 is 1.20 bits per heavy atom. The second-order valence-electron chi connectivity index (χ2n) is 2.43. The molecule has 0 radical (unpaired) electrons. The minimum atomic E-state index is 0. The minimum absolute atomic E-state index is 0. The first-order valence-electron chi connectivity index (χ1n) is 3.39. The molecule has 1 aliphatic rings. The average molecular weight is 208 g/mol. The van der Waals surface area contributed by atoms with Gasteiger partial charge >= 0.3 is 0 Å². The van der Waals surface area contributed by atoms with Crippen LogP contribution in [0.2, 0.25) is 0 Å². The van der Waals surface area contributed by atoms with Crippen LogP contribution < -0.4 is 5.73 Å². The zero-order valence-electron chi connectivity index (χ0n) is 5.97. The Bertz CT molecular complexity index is 110. The molecule has 0 aromatic heterocycles. The molecule has 1 saturated heterocycles. The van der Waals surface area contributed by atoms with Gasteiger partial charge in [-0.3, -0.25) is 5.41 Å². The van der Waals surface area contributed by atoms with E-state index in [4.69, 9.17) is 11.1 Å². The van der Waals surface area contributed by atoms with Gasteiger partial charge in [-0.2, -0.15) is 0 Å². The Balaban J connectivity index is 0.000000810. The van der Waals surface area contributed by atoms with E-state index in [0.29, 0.717) is 0 Å². The smallest absolute Gasteiger partial charge is 0.188 e. The Morgan fingerprint density at radius 3 is 2.00 bits per heavy atom. The van der Waals surface area contributed by atoms with Crippen molar-refractivity contribution in [1.82, 2.24) is 4.90 Å². The molecule has 1 fully saturated rings. The topological polar surface area (TPSA) is 53.1 Å². The monoisotopic (exact) mass is 207 g/mol. The van der Waals surface area contributed by atoms with Crippen LogP contribution in [0.1, 0.15) is 19.3 Å². The lowest BCUT2D eigenvalue weighted by atomic mass is 10.1. The third kappa shape index (κ3) is 2.56. The van der Waals surface area contributed by atoms with Gasteiger partial charge in [-0.25, -0.2) is 0 Å². The van der Waals surface area contributed by atoms with Gasteiger partial charge in [-0.15, -0.1) is 17.0 Å². The molecule has 0 spiro atoms. The lowest BCUT2D eigenvalue weighted by Gasteiger charge is -2.26. The Hall–Kier alpha value is -0.250. The molecule has 3 nitrogen and oxygen atoms in total. The maximum absolute atomic E-state index is 7.09. The van der Waals surface area contributed by atoms with Crippen molar-refractivity contribution >= 4 is 22.9 Å². The third-order valence-electron chi connectivity index (χ3n) is 1.70. The quantitative estimate of drug-likeness (QED) is 0.459. The number of nitrogens with zero attached hydrogens (tertiary/aromatic N) is 1. The SMILES string of the molecule is Br.N=C(N)N1CCCCC1. The average Bonchev–Trinajstić information content (AvgIpc) is 1.90. The van der Waals surface area contributed by atoms with E-state index in [1.807, 2.05) is 4.90 Å². The summed E-state index contributed by atoms with van der Waals surface area (Å²) in [5.74, 6) is 0.231. The largest absolute Gasteiger partial charge is 0.370 e. The molecular formula is C6H14BrN3. The van der Waals surface area contributed by atoms with Crippen LogP contribution >= 0.6 is 17.0 Å². The van der Waals surface area contributed by atoms with E-state index in [9.17, 15) is 0 Å². The summed E-state index contributed by atoms with van der Waals surface area (Å²) in [7, 11) is 0. The highest BCUT2D eigenvalue weighted by Gasteiger charge is 2.09. The summed E-state index contributed by atoms with van der Waals surface area (Å²) in [6, 6.07) is 0. The van der Waals surface area contributed by atoms with Crippen LogP contribution in [0.4, 0.5) is 0 Å². The van der Waals surface area contributed by atoms with Crippen molar-refractivity contribution in [3.63, 3.8) is 0 Å². The van der Waals surface area contributed by atoms with Crippen molar-refractivity contribution in [2.24, 2.45) is 5.73 Å². The number of nitrogens with two attached hydrogens (primary N) is 1. The molecule has 10 heavy (non-hydrogen) atoms. The number of nitrogens with one attached hydrogen (secondary N) is 1. The summed E-state index contributed by atoms with van der Waals surface area (Å²) in [6.07, 6.45) is 3.68. The van der Waals surface area contributed by atoms with Gasteiger partial charge in [0.15, 0.2) is 5.96 Å². The van der Waals surface area contributed by atoms with Gasteiger partial charge in [-0.05, 0) is 19.3 Å². The molecule has 0 atom stereocenters. The number of hydrogen-bond acceptors (Lipinski definition) is 1. The molecule has 0 amide bonds.